The molecule has 0 radical (unpaired) electrons. The zero-order valence-corrected chi connectivity index (χ0v) is 16.5. The molecule has 0 amide bonds. The summed E-state index contributed by atoms with van der Waals surface area (Å²) in [5, 5.41) is 11.0. The van der Waals surface area contributed by atoms with Crippen molar-refractivity contribution in [2.24, 2.45) is 0 Å². The molecule has 3 rings (SSSR count). The number of rotatable bonds is 6. The maximum atomic E-state index is 12.9. The Bertz CT molecular complexity index is 865. The summed E-state index contributed by atoms with van der Waals surface area (Å²) in [7, 11) is -0.588. The third-order valence-electron chi connectivity index (χ3n) is 5.61. The van der Waals surface area contributed by atoms with Gasteiger partial charge in [-0.3, -0.25) is 14.9 Å². The van der Waals surface area contributed by atoms with Crippen LogP contribution in [0, 0.1) is 10.1 Å². The van der Waals surface area contributed by atoms with Crippen molar-refractivity contribution >= 4 is 18.6 Å². The lowest BCUT2D eigenvalue weighted by atomic mass is 9.65. The first kappa shape index (κ1) is 20.2. The summed E-state index contributed by atoms with van der Waals surface area (Å²) in [6, 6.07) is 15.4. The van der Waals surface area contributed by atoms with Crippen LogP contribution >= 0.6 is 0 Å². The number of hydrogen-bond donors (Lipinski definition) is 0. The second kappa shape index (κ2) is 7.49. The quantitative estimate of drug-likeness (QED) is 0.317. The third kappa shape index (κ3) is 4.00. The van der Waals surface area contributed by atoms with Gasteiger partial charge in [0.1, 0.15) is 0 Å². The molecule has 0 saturated carbocycles. The van der Waals surface area contributed by atoms with Crippen LogP contribution in [0.4, 0.5) is 5.69 Å². The molecule has 1 aliphatic heterocycles. The van der Waals surface area contributed by atoms with E-state index in [1.54, 1.807) is 6.07 Å². The summed E-state index contributed by atoms with van der Waals surface area (Å²) in [6.07, 6.45) is 0.127. The summed E-state index contributed by atoms with van der Waals surface area (Å²) in [5.41, 5.74) is 0.114. The molecule has 2 aromatic rings. The van der Waals surface area contributed by atoms with E-state index >= 15 is 0 Å². The van der Waals surface area contributed by atoms with E-state index in [1.165, 1.54) is 18.2 Å². The van der Waals surface area contributed by atoms with E-state index in [0.29, 0.717) is 5.56 Å². The number of hydrogen-bond acceptors (Lipinski definition) is 5. The van der Waals surface area contributed by atoms with Crippen molar-refractivity contribution < 1.29 is 19.0 Å². The molecule has 6 nitrogen and oxygen atoms in total. The summed E-state index contributed by atoms with van der Waals surface area (Å²) in [6.45, 7) is 7.88. The smallest absolute Gasteiger partial charge is 0.403 e. The van der Waals surface area contributed by atoms with Crippen molar-refractivity contribution in [2.45, 2.75) is 51.1 Å². The van der Waals surface area contributed by atoms with Crippen LogP contribution in [0.1, 0.15) is 55.9 Å². The first-order valence-electron chi connectivity index (χ1n) is 9.29. The fourth-order valence-corrected chi connectivity index (χ4v) is 3.23. The van der Waals surface area contributed by atoms with Crippen molar-refractivity contribution in [1.29, 1.82) is 0 Å². The summed E-state index contributed by atoms with van der Waals surface area (Å²) in [4.78, 5) is 23.5. The van der Waals surface area contributed by atoms with Crippen molar-refractivity contribution in [1.82, 2.24) is 0 Å². The normalized spacial score (nSPS) is 18.6. The number of benzene rings is 2. The van der Waals surface area contributed by atoms with Crippen LogP contribution < -0.4 is 0 Å². The standard InChI is InChI=1S/C21H24BNO5/c1-20(2)21(3,4)28-22(27-20)18(15-9-6-5-7-10-15)14-19(24)16-11-8-12-17(13-16)23(25)26/h5-13,18H,14H2,1-4H3. The van der Waals surface area contributed by atoms with Gasteiger partial charge in [-0.15, -0.1) is 0 Å². The summed E-state index contributed by atoms with van der Waals surface area (Å²) < 4.78 is 12.4. The molecule has 1 aliphatic rings. The van der Waals surface area contributed by atoms with Crippen molar-refractivity contribution in [2.75, 3.05) is 0 Å². The topological polar surface area (TPSA) is 78.7 Å². The molecule has 1 fully saturated rings. The SMILES string of the molecule is CC1(C)OB(C(CC(=O)c2cccc([N+](=O)[O-])c2)c2ccccc2)OC1(C)C. The highest BCUT2D eigenvalue weighted by Crippen LogP contribution is 2.42. The van der Waals surface area contributed by atoms with Gasteiger partial charge in [0.2, 0.25) is 0 Å². The molecule has 1 heterocycles. The molecule has 0 N–H and O–H groups in total. The Kier molecular flexibility index (Phi) is 5.41. The minimum absolute atomic E-state index is 0.0993. The molecule has 0 spiro atoms. The number of non-ortho nitro benzene ring substituents is 1. The van der Waals surface area contributed by atoms with Crippen molar-refractivity contribution in [3.63, 3.8) is 0 Å². The van der Waals surface area contributed by atoms with Gasteiger partial charge in [-0.2, -0.15) is 0 Å². The van der Waals surface area contributed by atoms with Crippen LogP contribution in [0.15, 0.2) is 54.6 Å². The van der Waals surface area contributed by atoms with Gasteiger partial charge < -0.3 is 9.31 Å². The monoisotopic (exact) mass is 381 g/mol. The molecule has 1 unspecified atom stereocenters. The summed E-state index contributed by atoms with van der Waals surface area (Å²) in [5.74, 6) is -0.513. The number of nitro benzene ring substituents is 1. The number of nitrogens with zero attached hydrogens (tertiary/aromatic N) is 1. The minimum Gasteiger partial charge on any atom is -0.403 e. The van der Waals surface area contributed by atoms with Crippen LogP contribution in [0.3, 0.4) is 0 Å². The lowest BCUT2D eigenvalue weighted by Gasteiger charge is -2.32. The second-order valence-electron chi connectivity index (χ2n) is 8.08. The highest BCUT2D eigenvalue weighted by Gasteiger charge is 2.54. The number of carbonyl (C=O) groups excluding carboxylic acids is 1. The fourth-order valence-electron chi connectivity index (χ4n) is 3.23. The lowest BCUT2D eigenvalue weighted by Crippen LogP contribution is -2.41. The molecule has 7 heteroatoms. The van der Waals surface area contributed by atoms with E-state index in [1.807, 2.05) is 58.0 Å². The van der Waals surface area contributed by atoms with Gasteiger partial charge in [0.15, 0.2) is 5.78 Å². The maximum Gasteiger partial charge on any atom is 0.466 e. The Morgan fingerprint density at radius 3 is 2.21 bits per heavy atom. The van der Waals surface area contributed by atoms with Crippen molar-refractivity contribution in [3.05, 3.63) is 75.8 Å². The average Bonchev–Trinajstić information content (AvgIpc) is 2.87. The number of ketones is 1. The molecular weight excluding hydrogens is 357 g/mol. The highest BCUT2D eigenvalue weighted by atomic mass is 16.7. The largest absolute Gasteiger partial charge is 0.466 e. The molecule has 0 bridgehead atoms. The molecule has 146 valence electrons. The minimum atomic E-state index is -0.588. The first-order valence-corrected chi connectivity index (χ1v) is 9.29. The van der Waals surface area contributed by atoms with Crippen LogP contribution in [0.2, 0.25) is 0 Å². The van der Waals surface area contributed by atoms with Gasteiger partial charge in [-0.1, -0.05) is 42.5 Å². The molecule has 1 atom stereocenters. The Morgan fingerprint density at radius 1 is 1.04 bits per heavy atom. The molecule has 0 aromatic heterocycles. The van der Waals surface area contributed by atoms with Crippen LogP contribution in [-0.4, -0.2) is 29.0 Å². The number of carbonyl (C=O) groups is 1. The van der Waals surface area contributed by atoms with Gasteiger partial charge in [0.05, 0.1) is 16.1 Å². The average molecular weight is 381 g/mol. The fraction of sp³-hybridized carbons (Fsp3) is 0.381. The number of nitro groups is 1. The molecule has 2 aromatic carbocycles. The van der Waals surface area contributed by atoms with Gasteiger partial charge >= 0.3 is 7.12 Å². The van der Waals surface area contributed by atoms with Crippen LogP contribution in [0.25, 0.3) is 0 Å². The molecule has 28 heavy (non-hydrogen) atoms. The van der Waals surface area contributed by atoms with E-state index in [-0.39, 0.29) is 23.7 Å². The van der Waals surface area contributed by atoms with E-state index < -0.39 is 23.2 Å². The van der Waals surface area contributed by atoms with E-state index in [0.717, 1.165) is 5.56 Å². The van der Waals surface area contributed by atoms with Crippen molar-refractivity contribution in [3.8, 4) is 0 Å². The Hall–Kier alpha value is -2.51. The second-order valence-corrected chi connectivity index (χ2v) is 8.08. The summed E-state index contributed by atoms with van der Waals surface area (Å²) >= 11 is 0. The molecule has 1 saturated heterocycles. The molecular formula is C21H24BNO5. The van der Waals surface area contributed by atoms with Gasteiger partial charge in [-0.25, -0.2) is 0 Å². The van der Waals surface area contributed by atoms with Gasteiger partial charge in [-0.05, 0) is 33.3 Å². The zero-order chi connectivity index (χ0) is 20.5. The Morgan fingerprint density at radius 2 is 1.64 bits per heavy atom. The predicted octanol–water partition coefficient (Wildman–Crippen LogP) is 4.58. The van der Waals surface area contributed by atoms with E-state index in [2.05, 4.69) is 0 Å². The van der Waals surface area contributed by atoms with Crippen LogP contribution in [-0.2, 0) is 9.31 Å². The van der Waals surface area contributed by atoms with E-state index in [4.69, 9.17) is 9.31 Å². The molecule has 0 aliphatic carbocycles. The van der Waals surface area contributed by atoms with E-state index in [9.17, 15) is 14.9 Å². The van der Waals surface area contributed by atoms with Gasteiger partial charge in [0, 0.05) is 29.9 Å². The Labute approximate surface area is 165 Å². The first-order chi connectivity index (χ1) is 13.1. The highest BCUT2D eigenvalue weighted by molar-refractivity contribution is 6.48. The predicted molar refractivity (Wildman–Crippen MR) is 107 cm³/mol. The zero-order valence-electron chi connectivity index (χ0n) is 16.5. The third-order valence-corrected chi connectivity index (χ3v) is 5.61. The number of Topliss-reactive ketones (excluding diaryl/α,β-unsaturated/α-hetero) is 1. The lowest BCUT2D eigenvalue weighted by molar-refractivity contribution is -0.384. The Balaban J connectivity index is 1.90. The maximum absolute atomic E-state index is 12.9. The van der Waals surface area contributed by atoms with Gasteiger partial charge in [0.25, 0.3) is 5.69 Å². The van der Waals surface area contributed by atoms with Crippen LogP contribution in [0.5, 0.6) is 0 Å².